The molecule has 0 atom stereocenters. The van der Waals surface area contributed by atoms with Crippen molar-refractivity contribution in [2.75, 3.05) is 12.4 Å². The largest absolute Gasteiger partial charge is 0.497 e. The van der Waals surface area contributed by atoms with E-state index in [0.29, 0.717) is 33.2 Å². The van der Waals surface area contributed by atoms with Crippen LogP contribution in [0, 0.1) is 19.3 Å². The van der Waals surface area contributed by atoms with Crippen molar-refractivity contribution in [1.29, 1.82) is 0 Å². The first-order valence-corrected chi connectivity index (χ1v) is 11.2. The molecule has 0 fully saturated rings. The van der Waals surface area contributed by atoms with Gasteiger partial charge in [0.15, 0.2) is 0 Å². The van der Waals surface area contributed by atoms with Gasteiger partial charge in [-0.15, -0.1) is 11.5 Å². The molecule has 4 aromatic rings. The Bertz CT molecular complexity index is 1270. The number of terminal acetylenes is 1. The first kappa shape index (κ1) is 24.7. The lowest BCUT2D eigenvalue weighted by Crippen LogP contribution is -2.14. The van der Waals surface area contributed by atoms with E-state index in [-0.39, 0.29) is 5.91 Å². The molecular formula is C25H21ClN4O3S. The Morgan fingerprint density at radius 3 is 2.50 bits per heavy atom. The third-order valence-electron chi connectivity index (χ3n) is 4.38. The first-order valence-electron chi connectivity index (χ1n) is 10.0. The second-order valence-corrected chi connectivity index (χ2v) is 8.16. The van der Waals surface area contributed by atoms with Gasteiger partial charge in [0.25, 0.3) is 11.1 Å². The molecule has 0 unspecified atom stereocenters. The molecule has 0 aliphatic heterocycles. The molecule has 0 saturated carbocycles. The van der Waals surface area contributed by atoms with Crippen LogP contribution in [-0.2, 0) is 6.61 Å². The normalized spacial score (nSPS) is 9.82. The summed E-state index contributed by atoms with van der Waals surface area (Å²) in [7, 11) is 1.66. The Hall–Kier alpha value is -3.93. The van der Waals surface area contributed by atoms with Gasteiger partial charge in [0.2, 0.25) is 5.13 Å². The summed E-state index contributed by atoms with van der Waals surface area (Å²) in [6.07, 6.45) is 6.74. The quantitative estimate of drug-likeness (QED) is 0.362. The highest BCUT2D eigenvalue weighted by atomic mass is 35.5. The van der Waals surface area contributed by atoms with Crippen LogP contribution >= 0.6 is 22.9 Å². The number of anilines is 1. The number of methoxy groups -OCH3 is 1. The van der Waals surface area contributed by atoms with Crippen molar-refractivity contribution >= 4 is 34.0 Å². The van der Waals surface area contributed by atoms with Gasteiger partial charge in [-0.25, -0.2) is 4.98 Å². The van der Waals surface area contributed by atoms with Crippen molar-refractivity contribution in [2.45, 2.75) is 13.5 Å². The summed E-state index contributed by atoms with van der Waals surface area (Å²) in [5.74, 6) is 3.01. The van der Waals surface area contributed by atoms with Crippen LogP contribution in [0.1, 0.15) is 27.2 Å². The highest BCUT2D eigenvalue weighted by Crippen LogP contribution is 2.24. The molecule has 0 saturated heterocycles. The van der Waals surface area contributed by atoms with E-state index in [2.05, 4.69) is 26.4 Å². The third kappa shape index (κ3) is 7.30. The zero-order chi connectivity index (χ0) is 24.3. The molecule has 2 aromatic heterocycles. The summed E-state index contributed by atoms with van der Waals surface area (Å²) in [6, 6.07) is 18.7. The van der Waals surface area contributed by atoms with Gasteiger partial charge in [-0.2, -0.15) is 0 Å². The Morgan fingerprint density at radius 1 is 1.15 bits per heavy atom. The van der Waals surface area contributed by atoms with E-state index in [1.165, 1.54) is 6.20 Å². The van der Waals surface area contributed by atoms with Gasteiger partial charge in [0, 0.05) is 11.2 Å². The molecule has 0 spiro atoms. The molecular weight excluding hydrogens is 472 g/mol. The number of nitrogens with one attached hydrogen (secondary N) is 1. The molecule has 0 aliphatic rings. The molecule has 2 aromatic carbocycles. The van der Waals surface area contributed by atoms with Gasteiger partial charge in [0.1, 0.15) is 18.1 Å². The summed E-state index contributed by atoms with van der Waals surface area (Å²) < 4.78 is 10.5. The highest BCUT2D eigenvalue weighted by molar-refractivity contribution is 7.17. The van der Waals surface area contributed by atoms with Gasteiger partial charge in [-0.05, 0) is 59.7 Å². The van der Waals surface area contributed by atoms with Gasteiger partial charge in [0.05, 0.1) is 12.7 Å². The Labute approximate surface area is 206 Å². The van der Waals surface area contributed by atoms with E-state index >= 15 is 0 Å². The number of pyridine rings is 1. The molecule has 9 heteroatoms. The average molecular weight is 493 g/mol. The van der Waals surface area contributed by atoms with Crippen LogP contribution in [0.5, 0.6) is 10.9 Å². The number of halogens is 1. The van der Waals surface area contributed by atoms with Gasteiger partial charge < -0.3 is 9.47 Å². The predicted octanol–water partition coefficient (Wildman–Crippen LogP) is 5.40. The van der Waals surface area contributed by atoms with Crippen LogP contribution in [0.25, 0.3) is 0 Å². The number of benzene rings is 2. The SMILES string of the molecule is C#Cc1cc(C)c(C(=O)Nc2nnc(OCc3ccc(Cl)cc3)s2)cn1.COc1ccccc1. The molecule has 7 nitrogen and oxygen atoms in total. The number of hydrogen-bond donors (Lipinski definition) is 1. The molecule has 34 heavy (non-hydrogen) atoms. The van der Waals surface area contributed by atoms with Crippen LogP contribution in [0.2, 0.25) is 5.02 Å². The third-order valence-corrected chi connectivity index (χ3v) is 5.39. The van der Waals surface area contributed by atoms with Crippen molar-refractivity contribution in [2.24, 2.45) is 0 Å². The maximum atomic E-state index is 12.3. The van der Waals surface area contributed by atoms with Crippen LogP contribution in [0.4, 0.5) is 5.13 Å². The topological polar surface area (TPSA) is 86.2 Å². The standard InChI is InChI=1S/C18H13ClN4O2S.C7H8O/c1-3-14-8-11(2)15(9-20-14)16(24)21-17-22-23-18(26-17)25-10-12-4-6-13(19)7-5-12;1-8-7-5-3-2-4-6-7/h1,4-9H,10H2,2H3,(H,21,22,24);2-6H,1H3. The lowest BCUT2D eigenvalue weighted by molar-refractivity contribution is 0.102. The first-order chi connectivity index (χ1) is 16.5. The number of aryl methyl sites for hydroxylation is 1. The van der Waals surface area contributed by atoms with E-state index in [1.807, 2.05) is 42.5 Å². The minimum Gasteiger partial charge on any atom is -0.497 e. The van der Waals surface area contributed by atoms with E-state index in [9.17, 15) is 4.79 Å². The molecule has 4 rings (SSSR count). The van der Waals surface area contributed by atoms with Crippen LogP contribution in [0.3, 0.4) is 0 Å². The van der Waals surface area contributed by atoms with Crippen LogP contribution in [-0.4, -0.2) is 28.2 Å². The van der Waals surface area contributed by atoms with E-state index in [4.69, 9.17) is 27.5 Å². The number of ether oxygens (including phenoxy) is 2. The smallest absolute Gasteiger partial charge is 0.296 e. The van der Waals surface area contributed by atoms with Crippen LogP contribution in [0.15, 0.2) is 66.9 Å². The Kier molecular flexibility index (Phi) is 8.97. The van der Waals surface area contributed by atoms with Crippen molar-refractivity contribution in [3.63, 3.8) is 0 Å². The molecule has 0 bridgehead atoms. The minimum absolute atomic E-state index is 0.330. The monoisotopic (exact) mass is 492 g/mol. The van der Waals surface area contributed by atoms with Crippen LogP contribution < -0.4 is 14.8 Å². The fourth-order valence-electron chi connectivity index (χ4n) is 2.64. The maximum absolute atomic E-state index is 12.3. The summed E-state index contributed by atoms with van der Waals surface area (Å²) in [5.41, 5.74) is 2.58. The van der Waals surface area contributed by atoms with Crippen molar-refractivity contribution in [3.8, 4) is 23.3 Å². The summed E-state index contributed by atoms with van der Waals surface area (Å²) in [5, 5.41) is 11.8. The fourth-order valence-corrected chi connectivity index (χ4v) is 3.35. The number of para-hydroxylation sites is 1. The number of aromatic nitrogens is 3. The number of carbonyl (C=O) groups is 1. The molecule has 1 amide bonds. The number of rotatable bonds is 6. The van der Waals surface area contributed by atoms with Crippen molar-refractivity contribution in [1.82, 2.24) is 15.2 Å². The van der Waals surface area contributed by atoms with Gasteiger partial charge in [-0.3, -0.25) is 10.1 Å². The van der Waals surface area contributed by atoms with Gasteiger partial charge >= 0.3 is 0 Å². The Balaban J connectivity index is 0.000000343. The highest BCUT2D eigenvalue weighted by Gasteiger charge is 2.14. The lowest BCUT2D eigenvalue weighted by atomic mass is 10.1. The lowest BCUT2D eigenvalue weighted by Gasteiger charge is -2.04. The van der Waals surface area contributed by atoms with Crippen molar-refractivity contribution < 1.29 is 14.3 Å². The Morgan fingerprint density at radius 2 is 1.88 bits per heavy atom. The van der Waals surface area contributed by atoms with Crippen molar-refractivity contribution in [3.05, 3.63) is 94.3 Å². The second kappa shape index (κ2) is 12.3. The number of amides is 1. The maximum Gasteiger partial charge on any atom is 0.296 e. The molecule has 172 valence electrons. The van der Waals surface area contributed by atoms with E-state index in [1.54, 1.807) is 32.2 Å². The fraction of sp³-hybridized carbons (Fsp3) is 0.120. The number of hydrogen-bond acceptors (Lipinski definition) is 7. The second-order valence-electron chi connectivity index (χ2n) is 6.79. The minimum atomic E-state index is -0.334. The average Bonchev–Trinajstić information content (AvgIpc) is 3.31. The van der Waals surface area contributed by atoms with E-state index in [0.717, 1.165) is 28.2 Å². The molecule has 1 N–H and O–H groups in total. The zero-order valence-electron chi connectivity index (χ0n) is 18.5. The summed E-state index contributed by atoms with van der Waals surface area (Å²) >= 11 is 6.98. The summed E-state index contributed by atoms with van der Waals surface area (Å²) in [4.78, 5) is 16.4. The number of nitrogens with zero attached hydrogens (tertiary/aromatic N) is 3. The zero-order valence-corrected chi connectivity index (χ0v) is 20.1. The number of carbonyl (C=O) groups excluding carboxylic acids is 1. The predicted molar refractivity (Wildman–Crippen MR) is 134 cm³/mol. The molecule has 0 aliphatic carbocycles. The van der Waals surface area contributed by atoms with Gasteiger partial charge in [-0.1, -0.05) is 53.0 Å². The molecule has 0 radical (unpaired) electrons. The van der Waals surface area contributed by atoms with E-state index < -0.39 is 0 Å². The summed E-state index contributed by atoms with van der Waals surface area (Å²) in [6.45, 7) is 2.12. The molecule has 2 heterocycles.